The zero-order chi connectivity index (χ0) is 17.8. The Kier molecular flexibility index (Phi) is 5.53. The first-order valence-corrected chi connectivity index (χ1v) is 9.13. The molecule has 0 spiro atoms. The van der Waals surface area contributed by atoms with Gasteiger partial charge in [0.2, 0.25) is 5.95 Å². The van der Waals surface area contributed by atoms with Crippen molar-refractivity contribution in [2.45, 2.75) is 45.6 Å². The molecule has 1 aromatic carbocycles. The standard InChI is InChI=1S/C19H23ClN4O/c1-3-15-6-4-5-11-24(15)19-21-10-9-17(23-19)18(25)22-16-8-7-14(20)12-13(16)2/h7-10,12,15H,3-6,11H2,1-2H3,(H,22,25). The fourth-order valence-electron chi connectivity index (χ4n) is 3.26. The smallest absolute Gasteiger partial charge is 0.274 e. The molecule has 1 N–H and O–H groups in total. The molecule has 0 bridgehead atoms. The van der Waals surface area contributed by atoms with Crippen LogP contribution >= 0.6 is 11.6 Å². The van der Waals surface area contributed by atoms with E-state index in [1.807, 2.05) is 13.0 Å². The minimum Gasteiger partial charge on any atom is -0.338 e. The Morgan fingerprint density at radius 1 is 1.36 bits per heavy atom. The van der Waals surface area contributed by atoms with Gasteiger partial charge in [-0.05, 0) is 62.4 Å². The van der Waals surface area contributed by atoms with Gasteiger partial charge in [0.1, 0.15) is 5.69 Å². The lowest BCUT2D eigenvalue weighted by Gasteiger charge is -2.35. The average molecular weight is 359 g/mol. The molecule has 1 aliphatic heterocycles. The van der Waals surface area contributed by atoms with E-state index >= 15 is 0 Å². The molecule has 1 saturated heterocycles. The number of rotatable bonds is 4. The van der Waals surface area contributed by atoms with E-state index in [1.54, 1.807) is 24.4 Å². The van der Waals surface area contributed by atoms with Crippen LogP contribution in [0.15, 0.2) is 30.5 Å². The molecule has 0 aliphatic carbocycles. The Morgan fingerprint density at radius 2 is 2.20 bits per heavy atom. The molecule has 5 nitrogen and oxygen atoms in total. The van der Waals surface area contributed by atoms with E-state index in [-0.39, 0.29) is 5.91 Å². The van der Waals surface area contributed by atoms with Gasteiger partial charge in [-0.3, -0.25) is 4.79 Å². The van der Waals surface area contributed by atoms with Crippen molar-refractivity contribution in [3.8, 4) is 0 Å². The number of carbonyl (C=O) groups excluding carboxylic acids is 1. The van der Waals surface area contributed by atoms with E-state index < -0.39 is 0 Å². The first kappa shape index (κ1) is 17.7. The quantitative estimate of drug-likeness (QED) is 0.876. The molecule has 1 aliphatic rings. The zero-order valence-corrected chi connectivity index (χ0v) is 15.4. The summed E-state index contributed by atoms with van der Waals surface area (Å²) < 4.78 is 0. The highest BCUT2D eigenvalue weighted by molar-refractivity contribution is 6.30. The summed E-state index contributed by atoms with van der Waals surface area (Å²) in [4.78, 5) is 23.7. The van der Waals surface area contributed by atoms with Crippen LogP contribution in [0.2, 0.25) is 5.02 Å². The lowest BCUT2D eigenvalue weighted by Crippen LogP contribution is -2.40. The minimum absolute atomic E-state index is 0.237. The maximum absolute atomic E-state index is 12.6. The summed E-state index contributed by atoms with van der Waals surface area (Å²) in [6, 6.07) is 7.48. The third-order valence-corrected chi connectivity index (χ3v) is 4.90. The van der Waals surface area contributed by atoms with E-state index in [2.05, 4.69) is 27.1 Å². The summed E-state index contributed by atoms with van der Waals surface area (Å²) in [5.74, 6) is 0.408. The predicted octanol–water partition coefficient (Wildman–Crippen LogP) is 4.46. The Labute approximate surface area is 153 Å². The average Bonchev–Trinajstić information content (AvgIpc) is 2.64. The Balaban J connectivity index is 1.79. The van der Waals surface area contributed by atoms with Gasteiger partial charge in [0.25, 0.3) is 5.91 Å². The highest BCUT2D eigenvalue weighted by atomic mass is 35.5. The van der Waals surface area contributed by atoms with Crippen molar-refractivity contribution < 1.29 is 4.79 Å². The Hall–Kier alpha value is -2.14. The Bertz CT molecular complexity index is 765. The topological polar surface area (TPSA) is 58.1 Å². The van der Waals surface area contributed by atoms with Crippen LogP contribution in [0, 0.1) is 6.92 Å². The summed E-state index contributed by atoms with van der Waals surface area (Å²) in [5, 5.41) is 3.55. The van der Waals surface area contributed by atoms with Gasteiger partial charge in [0.05, 0.1) is 0 Å². The van der Waals surface area contributed by atoms with Crippen molar-refractivity contribution in [3.05, 3.63) is 46.7 Å². The van der Waals surface area contributed by atoms with E-state index in [1.165, 1.54) is 6.42 Å². The number of aryl methyl sites for hydroxylation is 1. The molecule has 0 saturated carbocycles. The number of hydrogen-bond acceptors (Lipinski definition) is 4. The summed E-state index contributed by atoms with van der Waals surface area (Å²) in [6.45, 7) is 5.04. The minimum atomic E-state index is -0.237. The summed E-state index contributed by atoms with van der Waals surface area (Å²) >= 11 is 5.97. The molecule has 0 radical (unpaired) electrons. The number of carbonyl (C=O) groups is 1. The second-order valence-corrected chi connectivity index (χ2v) is 6.84. The summed E-state index contributed by atoms with van der Waals surface area (Å²) in [7, 11) is 0. The number of anilines is 2. The molecule has 1 atom stereocenters. The molecule has 6 heteroatoms. The van der Waals surface area contributed by atoms with Crippen LogP contribution in [0.25, 0.3) is 0 Å². The van der Waals surface area contributed by atoms with Gasteiger partial charge in [-0.25, -0.2) is 9.97 Å². The van der Waals surface area contributed by atoms with E-state index in [0.717, 1.165) is 37.1 Å². The molecular weight excluding hydrogens is 336 g/mol. The van der Waals surface area contributed by atoms with Crippen LogP contribution in [0.5, 0.6) is 0 Å². The van der Waals surface area contributed by atoms with Crippen LogP contribution in [0.1, 0.15) is 48.7 Å². The molecule has 25 heavy (non-hydrogen) atoms. The van der Waals surface area contributed by atoms with Gasteiger partial charge in [-0.2, -0.15) is 0 Å². The number of aromatic nitrogens is 2. The normalized spacial score (nSPS) is 17.4. The van der Waals surface area contributed by atoms with Crippen LogP contribution in [-0.2, 0) is 0 Å². The highest BCUT2D eigenvalue weighted by Crippen LogP contribution is 2.24. The van der Waals surface area contributed by atoms with Crippen LogP contribution in [0.3, 0.4) is 0 Å². The molecule has 2 aromatic rings. The second kappa shape index (κ2) is 7.83. The number of nitrogens with one attached hydrogen (secondary N) is 1. The largest absolute Gasteiger partial charge is 0.338 e. The molecule has 3 rings (SSSR count). The van der Waals surface area contributed by atoms with Crippen molar-refractivity contribution in [3.63, 3.8) is 0 Å². The molecule has 1 aromatic heterocycles. The van der Waals surface area contributed by atoms with E-state index in [9.17, 15) is 4.79 Å². The lowest BCUT2D eigenvalue weighted by molar-refractivity contribution is 0.102. The zero-order valence-electron chi connectivity index (χ0n) is 14.6. The van der Waals surface area contributed by atoms with Crippen molar-refractivity contribution in [1.82, 2.24) is 9.97 Å². The van der Waals surface area contributed by atoms with Gasteiger partial charge in [-0.15, -0.1) is 0 Å². The molecule has 132 valence electrons. The van der Waals surface area contributed by atoms with Gasteiger partial charge >= 0.3 is 0 Å². The van der Waals surface area contributed by atoms with Gasteiger partial charge < -0.3 is 10.2 Å². The molecular formula is C19H23ClN4O. The number of nitrogens with zero attached hydrogens (tertiary/aromatic N) is 3. The highest BCUT2D eigenvalue weighted by Gasteiger charge is 2.23. The predicted molar refractivity (Wildman–Crippen MR) is 101 cm³/mol. The van der Waals surface area contributed by atoms with Gasteiger partial charge in [0, 0.05) is 29.5 Å². The number of hydrogen-bond donors (Lipinski definition) is 1. The van der Waals surface area contributed by atoms with E-state index in [0.29, 0.717) is 22.7 Å². The van der Waals surface area contributed by atoms with Gasteiger partial charge in [-0.1, -0.05) is 18.5 Å². The Morgan fingerprint density at radius 3 is 2.96 bits per heavy atom. The molecule has 2 heterocycles. The molecule has 1 unspecified atom stereocenters. The fourth-order valence-corrected chi connectivity index (χ4v) is 3.48. The number of benzene rings is 1. The molecule has 1 amide bonds. The summed E-state index contributed by atoms with van der Waals surface area (Å²) in [5.41, 5.74) is 2.02. The van der Waals surface area contributed by atoms with Crippen LogP contribution < -0.4 is 10.2 Å². The lowest BCUT2D eigenvalue weighted by atomic mass is 10.0. The maximum atomic E-state index is 12.6. The first-order valence-electron chi connectivity index (χ1n) is 8.75. The first-order chi connectivity index (χ1) is 12.1. The monoisotopic (exact) mass is 358 g/mol. The number of amides is 1. The maximum Gasteiger partial charge on any atom is 0.274 e. The van der Waals surface area contributed by atoms with Crippen molar-refractivity contribution in [2.75, 3.05) is 16.8 Å². The number of piperidine rings is 1. The third kappa shape index (κ3) is 4.10. The summed E-state index contributed by atoms with van der Waals surface area (Å²) in [6.07, 6.45) is 6.25. The van der Waals surface area contributed by atoms with E-state index in [4.69, 9.17) is 11.6 Å². The van der Waals surface area contributed by atoms with Crippen molar-refractivity contribution in [2.24, 2.45) is 0 Å². The third-order valence-electron chi connectivity index (χ3n) is 4.67. The van der Waals surface area contributed by atoms with Crippen molar-refractivity contribution >= 4 is 29.1 Å². The second-order valence-electron chi connectivity index (χ2n) is 6.41. The van der Waals surface area contributed by atoms with Crippen LogP contribution in [0.4, 0.5) is 11.6 Å². The van der Waals surface area contributed by atoms with Gasteiger partial charge in [0.15, 0.2) is 0 Å². The number of halogens is 1. The van der Waals surface area contributed by atoms with Crippen molar-refractivity contribution in [1.29, 1.82) is 0 Å². The fraction of sp³-hybridized carbons (Fsp3) is 0.421. The SMILES string of the molecule is CCC1CCCCN1c1nccc(C(=O)Nc2ccc(Cl)cc2C)n1. The molecule has 1 fully saturated rings. The van der Waals surface area contributed by atoms with Crippen LogP contribution in [-0.4, -0.2) is 28.5 Å².